The molecule has 6 nitrogen and oxygen atoms in total. The Morgan fingerprint density at radius 3 is 2.10 bits per heavy atom. The Morgan fingerprint density at radius 2 is 1.52 bits per heavy atom. The molecule has 0 amide bonds. The van der Waals surface area contributed by atoms with E-state index in [0.717, 1.165) is 11.3 Å². The van der Waals surface area contributed by atoms with Gasteiger partial charge in [-0.15, -0.1) is 0 Å². The summed E-state index contributed by atoms with van der Waals surface area (Å²) in [5.74, 6) is -0.131. The predicted octanol–water partition coefficient (Wildman–Crippen LogP) is 2.92. The first kappa shape index (κ1) is 20.3. The van der Waals surface area contributed by atoms with Gasteiger partial charge in [0.15, 0.2) is 5.76 Å². The van der Waals surface area contributed by atoms with E-state index in [2.05, 4.69) is 0 Å². The molecule has 1 aromatic heterocycles. The van der Waals surface area contributed by atoms with E-state index < -0.39 is 11.9 Å². The second-order valence-corrected chi connectivity index (χ2v) is 6.37. The second-order valence-electron chi connectivity index (χ2n) is 6.37. The van der Waals surface area contributed by atoms with Crippen LogP contribution in [-0.4, -0.2) is 26.2 Å². The molecule has 0 unspecified atom stereocenters. The largest absolute Gasteiger partial charge is 0.465 e. The number of carbonyl (C=O) groups excluding carboxylic acids is 2. The van der Waals surface area contributed by atoms with Crippen LogP contribution in [0.5, 0.6) is 0 Å². The lowest BCUT2D eigenvalue weighted by atomic mass is 10.0. The first-order valence-electron chi connectivity index (χ1n) is 8.97. The minimum Gasteiger partial charge on any atom is -0.465 e. The number of quaternary nitrogens is 1. The Morgan fingerprint density at radius 1 is 0.897 bits per heavy atom. The van der Waals surface area contributed by atoms with E-state index in [9.17, 15) is 14.0 Å². The molecule has 0 radical (unpaired) electrons. The molecule has 0 spiro atoms. The number of benzene rings is 2. The number of rotatable bonds is 7. The van der Waals surface area contributed by atoms with E-state index >= 15 is 0 Å². The molecule has 7 heteroatoms. The highest BCUT2D eigenvalue weighted by Gasteiger charge is 2.16. The van der Waals surface area contributed by atoms with Gasteiger partial charge < -0.3 is 19.2 Å². The van der Waals surface area contributed by atoms with E-state index in [-0.39, 0.29) is 16.9 Å². The predicted molar refractivity (Wildman–Crippen MR) is 103 cm³/mol. The summed E-state index contributed by atoms with van der Waals surface area (Å²) in [6, 6.07) is 14.6. The highest BCUT2D eigenvalue weighted by atomic mass is 19.1. The van der Waals surface area contributed by atoms with Crippen molar-refractivity contribution in [3.63, 3.8) is 0 Å². The summed E-state index contributed by atoms with van der Waals surface area (Å²) in [6.07, 6.45) is 0. The molecule has 150 valence electrons. The van der Waals surface area contributed by atoms with Crippen molar-refractivity contribution >= 4 is 11.9 Å². The van der Waals surface area contributed by atoms with Gasteiger partial charge in [-0.3, -0.25) is 0 Å². The van der Waals surface area contributed by atoms with Crippen LogP contribution >= 0.6 is 0 Å². The van der Waals surface area contributed by atoms with Crippen LogP contribution in [0.15, 0.2) is 59.0 Å². The molecule has 0 aliphatic heterocycles. The van der Waals surface area contributed by atoms with Crippen molar-refractivity contribution in [2.24, 2.45) is 0 Å². The normalized spacial score (nSPS) is 10.6. The third-order valence-electron chi connectivity index (χ3n) is 4.36. The lowest BCUT2D eigenvalue weighted by molar-refractivity contribution is -0.687. The zero-order chi connectivity index (χ0) is 20.8. The molecule has 0 aliphatic rings. The highest BCUT2D eigenvalue weighted by Crippen LogP contribution is 2.25. The SMILES string of the molecule is COC(=O)c1cc(C(=O)OC)cc(-c2ccc(C[NH2+]Cc3ccc(F)cc3)o2)c1. The first-order chi connectivity index (χ1) is 14.0. The highest BCUT2D eigenvalue weighted by molar-refractivity contribution is 5.97. The monoisotopic (exact) mass is 398 g/mol. The lowest BCUT2D eigenvalue weighted by Crippen LogP contribution is -2.80. The molecular formula is C22H21FNO5+. The molecule has 0 saturated heterocycles. The number of carbonyl (C=O) groups is 2. The average Bonchev–Trinajstić information content (AvgIpc) is 3.22. The van der Waals surface area contributed by atoms with Gasteiger partial charge in [-0.1, -0.05) is 12.1 Å². The summed E-state index contributed by atoms with van der Waals surface area (Å²) in [5, 5.41) is 2.03. The van der Waals surface area contributed by atoms with Crippen LogP contribution in [-0.2, 0) is 22.6 Å². The number of furan rings is 1. The lowest BCUT2D eigenvalue weighted by Gasteiger charge is -2.06. The van der Waals surface area contributed by atoms with E-state index in [1.54, 1.807) is 30.3 Å². The molecular weight excluding hydrogens is 377 g/mol. The van der Waals surface area contributed by atoms with Gasteiger partial charge in [0, 0.05) is 11.1 Å². The molecule has 29 heavy (non-hydrogen) atoms. The van der Waals surface area contributed by atoms with Gasteiger partial charge in [0.05, 0.1) is 25.3 Å². The van der Waals surface area contributed by atoms with Gasteiger partial charge in [-0.25, -0.2) is 14.0 Å². The van der Waals surface area contributed by atoms with Crippen molar-refractivity contribution < 1.29 is 33.2 Å². The van der Waals surface area contributed by atoms with Crippen molar-refractivity contribution in [2.45, 2.75) is 13.1 Å². The molecule has 0 fully saturated rings. The quantitative estimate of drug-likeness (QED) is 0.619. The summed E-state index contributed by atoms with van der Waals surface area (Å²) in [5.41, 5.74) is 2.03. The van der Waals surface area contributed by atoms with Gasteiger partial charge in [0.1, 0.15) is 24.7 Å². The summed E-state index contributed by atoms with van der Waals surface area (Å²) < 4.78 is 28.3. The number of nitrogens with two attached hydrogens (primary N) is 1. The molecule has 3 rings (SSSR count). The van der Waals surface area contributed by atoms with E-state index in [1.165, 1.54) is 32.4 Å². The van der Waals surface area contributed by atoms with Crippen molar-refractivity contribution in [2.75, 3.05) is 14.2 Å². The van der Waals surface area contributed by atoms with Crippen LogP contribution < -0.4 is 5.32 Å². The molecule has 2 N–H and O–H groups in total. The molecule has 0 bridgehead atoms. The fourth-order valence-corrected chi connectivity index (χ4v) is 2.89. The minimum atomic E-state index is -0.559. The molecule has 3 aromatic rings. The Bertz CT molecular complexity index is 976. The van der Waals surface area contributed by atoms with Crippen LogP contribution in [0.2, 0.25) is 0 Å². The van der Waals surface area contributed by atoms with Crippen LogP contribution in [0.25, 0.3) is 11.3 Å². The van der Waals surface area contributed by atoms with Gasteiger partial charge in [-0.2, -0.15) is 0 Å². The molecule has 0 saturated carbocycles. The second kappa shape index (κ2) is 9.16. The number of esters is 2. The third kappa shape index (κ3) is 5.08. The maximum Gasteiger partial charge on any atom is 0.337 e. The molecule has 1 heterocycles. The summed E-state index contributed by atoms with van der Waals surface area (Å²) in [4.78, 5) is 23.9. The number of hydrogen-bond acceptors (Lipinski definition) is 5. The topological polar surface area (TPSA) is 82.4 Å². The van der Waals surface area contributed by atoms with Gasteiger partial charge in [-0.05, 0) is 42.5 Å². The Labute approximate surface area is 167 Å². The van der Waals surface area contributed by atoms with Crippen LogP contribution in [0.4, 0.5) is 4.39 Å². The van der Waals surface area contributed by atoms with Crippen LogP contribution in [0.3, 0.4) is 0 Å². The minimum absolute atomic E-state index is 0.228. The smallest absolute Gasteiger partial charge is 0.337 e. The van der Waals surface area contributed by atoms with E-state index in [1.807, 2.05) is 11.4 Å². The fourth-order valence-electron chi connectivity index (χ4n) is 2.89. The fraction of sp³-hybridized carbons (Fsp3) is 0.182. The standard InChI is InChI=1S/C22H20FNO5/c1-27-21(25)16-9-15(10-17(11-16)22(26)28-2)20-8-7-19(29-20)13-24-12-14-3-5-18(23)6-4-14/h3-11,24H,12-13H2,1-2H3/p+1. The third-order valence-corrected chi connectivity index (χ3v) is 4.36. The average molecular weight is 398 g/mol. The Kier molecular flexibility index (Phi) is 6.41. The summed E-state index contributed by atoms with van der Waals surface area (Å²) in [7, 11) is 2.55. The van der Waals surface area contributed by atoms with Crippen molar-refractivity contribution in [1.29, 1.82) is 0 Å². The Balaban J connectivity index is 1.75. The number of methoxy groups -OCH3 is 2. The summed E-state index contributed by atoms with van der Waals surface area (Å²) >= 11 is 0. The van der Waals surface area contributed by atoms with Crippen LogP contribution in [0, 0.1) is 5.82 Å². The zero-order valence-corrected chi connectivity index (χ0v) is 16.1. The number of ether oxygens (including phenoxy) is 2. The molecule has 0 aliphatic carbocycles. The summed E-state index contributed by atoms with van der Waals surface area (Å²) in [6.45, 7) is 1.26. The van der Waals surface area contributed by atoms with Crippen molar-refractivity contribution in [1.82, 2.24) is 0 Å². The Hall–Kier alpha value is -3.45. The first-order valence-corrected chi connectivity index (χ1v) is 8.97. The van der Waals surface area contributed by atoms with E-state index in [0.29, 0.717) is 24.4 Å². The zero-order valence-electron chi connectivity index (χ0n) is 16.1. The van der Waals surface area contributed by atoms with Crippen LogP contribution in [0.1, 0.15) is 32.0 Å². The van der Waals surface area contributed by atoms with Crippen molar-refractivity contribution in [3.05, 3.63) is 82.9 Å². The molecule has 2 aromatic carbocycles. The maximum atomic E-state index is 13.0. The van der Waals surface area contributed by atoms with Gasteiger partial charge >= 0.3 is 11.9 Å². The van der Waals surface area contributed by atoms with Gasteiger partial charge in [0.2, 0.25) is 0 Å². The number of hydrogen-bond donors (Lipinski definition) is 1. The van der Waals surface area contributed by atoms with Crippen molar-refractivity contribution in [3.8, 4) is 11.3 Å². The van der Waals surface area contributed by atoms with Gasteiger partial charge in [0.25, 0.3) is 0 Å². The maximum absolute atomic E-state index is 13.0. The molecule has 0 atom stereocenters. The number of halogens is 1. The van der Waals surface area contributed by atoms with E-state index in [4.69, 9.17) is 13.9 Å².